The van der Waals surface area contributed by atoms with Crippen LogP contribution in [0, 0.1) is 0 Å². The van der Waals surface area contributed by atoms with Gasteiger partial charge in [-0.25, -0.2) is 9.74 Å². The third-order valence-corrected chi connectivity index (χ3v) is 1.47. The first-order chi connectivity index (χ1) is 7.65. The van der Waals surface area contributed by atoms with Crippen LogP contribution in [0.1, 0.15) is 10.4 Å². The maximum Gasteiger partial charge on any atom is 0.379 e. The molecule has 0 saturated heterocycles. The van der Waals surface area contributed by atoms with Crippen molar-refractivity contribution in [2.24, 2.45) is 5.73 Å². The number of halogens is 2. The van der Waals surface area contributed by atoms with E-state index in [-0.39, 0.29) is 30.5 Å². The average Bonchev–Trinajstić information content (AvgIpc) is 2.38. The number of carbonyl (C=O) groups excluding carboxylic acids is 2. The fourth-order valence-corrected chi connectivity index (χ4v) is 0.702. The first-order valence-corrected chi connectivity index (χ1v) is 4.30. The molecule has 1 aromatic rings. The lowest BCUT2D eigenvalue weighted by atomic mass is 10.2. The van der Waals surface area contributed by atoms with Crippen LogP contribution in [0.3, 0.4) is 0 Å². The topological polar surface area (TPSA) is 78.6 Å². The molecule has 2 N–H and O–H groups in total. The molecule has 0 aliphatic carbocycles. The van der Waals surface area contributed by atoms with Crippen LogP contribution in [-0.2, 0) is 14.5 Å². The van der Waals surface area contributed by atoms with Gasteiger partial charge in [-0.1, -0.05) is 18.2 Å². The Kier molecular flexibility index (Phi) is 11.3. The molecule has 0 aromatic heterocycles. The highest BCUT2D eigenvalue weighted by atomic mass is 35.5. The first-order valence-electron chi connectivity index (χ1n) is 4.30. The molecule has 0 aliphatic rings. The Balaban J connectivity index is 0. The number of carbonyl (C=O) groups is 2. The van der Waals surface area contributed by atoms with Gasteiger partial charge in [0.25, 0.3) is 0 Å². The Hall–Kier alpha value is -1.66. The molecule has 0 bridgehead atoms. The van der Waals surface area contributed by atoms with E-state index in [9.17, 15) is 14.1 Å². The summed E-state index contributed by atoms with van der Waals surface area (Å²) in [5.74, 6) is -1.34. The SMILES string of the molecule is COC(=O)CN.Cl.O=C(OF)c1ccccc1. The normalized spacial score (nSPS) is 7.94. The summed E-state index contributed by atoms with van der Waals surface area (Å²) in [5.41, 5.74) is 5.02. The minimum absolute atomic E-state index is 0. The number of benzene rings is 1. The Labute approximate surface area is 104 Å². The summed E-state index contributed by atoms with van der Waals surface area (Å²) >= 11 is 0. The number of hydrogen-bond donors (Lipinski definition) is 1. The molecule has 0 radical (unpaired) electrons. The highest BCUT2D eigenvalue weighted by molar-refractivity contribution is 5.88. The van der Waals surface area contributed by atoms with E-state index in [1.54, 1.807) is 18.2 Å². The Morgan fingerprint density at radius 2 is 1.82 bits per heavy atom. The summed E-state index contributed by atoms with van der Waals surface area (Å²) in [6.07, 6.45) is 0. The summed E-state index contributed by atoms with van der Waals surface area (Å²) in [7, 11) is 1.30. The van der Waals surface area contributed by atoms with Crippen LogP contribution in [0.4, 0.5) is 4.53 Å². The quantitative estimate of drug-likeness (QED) is 0.815. The van der Waals surface area contributed by atoms with Crippen LogP contribution in [0.5, 0.6) is 0 Å². The maximum absolute atomic E-state index is 11.2. The molecule has 0 atom stereocenters. The standard InChI is InChI=1S/C7H5FO2.C3H7NO2.ClH/c8-10-7(9)6-4-2-1-3-5-6;1-6-3(5)2-4;/h1-5H;2,4H2,1H3;1H. The Morgan fingerprint density at radius 3 is 2.12 bits per heavy atom. The second-order valence-corrected chi connectivity index (χ2v) is 2.51. The van der Waals surface area contributed by atoms with Crippen LogP contribution in [-0.4, -0.2) is 25.6 Å². The van der Waals surface area contributed by atoms with Crippen molar-refractivity contribution in [1.82, 2.24) is 0 Å². The number of ether oxygens (including phenoxy) is 1. The smallest absolute Gasteiger partial charge is 0.379 e. The summed E-state index contributed by atoms with van der Waals surface area (Å²) in [6.45, 7) is -0.0312. The van der Waals surface area contributed by atoms with Gasteiger partial charge < -0.3 is 10.5 Å². The minimum Gasteiger partial charge on any atom is -0.468 e. The van der Waals surface area contributed by atoms with Crippen molar-refractivity contribution in [2.75, 3.05) is 13.7 Å². The predicted octanol–water partition coefficient (Wildman–Crippen LogP) is 1.27. The van der Waals surface area contributed by atoms with Gasteiger partial charge in [0.05, 0.1) is 19.2 Å². The van der Waals surface area contributed by atoms with Gasteiger partial charge in [0.2, 0.25) is 0 Å². The first kappa shape index (κ1) is 17.7. The van der Waals surface area contributed by atoms with Crippen molar-refractivity contribution in [2.45, 2.75) is 0 Å². The van der Waals surface area contributed by atoms with Gasteiger partial charge in [-0.15, -0.1) is 12.4 Å². The van der Waals surface area contributed by atoms with Crippen molar-refractivity contribution in [3.8, 4) is 0 Å². The molecule has 0 saturated carbocycles. The zero-order chi connectivity index (χ0) is 12.4. The second-order valence-electron chi connectivity index (χ2n) is 2.51. The third kappa shape index (κ3) is 8.18. The highest BCUT2D eigenvalue weighted by Gasteiger charge is 2.04. The zero-order valence-electron chi connectivity index (χ0n) is 9.09. The summed E-state index contributed by atoms with van der Waals surface area (Å²) in [4.78, 5) is 23.2. The monoisotopic (exact) mass is 265 g/mol. The predicted molar refractivity (Wildman–Crippen MR) is 61.3 cm³/mol. The van der Waals surface area contributed by atoms with E-state index in [0.29, 0.717) is 0 Å². The van der Waals surface area contributed by atoms with Crippen molar-refractivity contribution >= 4 is 24.3 Å². The van der Waals surface area contributed by atoms with E-state index < -0.39 is 5.97 Å². The summed E-state index contributed by atoms with van der Waals surface area (Å²) in [5, 5.41) is 0. The molecule has 17 heavy (non-hydrogen) atoms. The Morgan fingerprint density at radius 1 is 1.29 bits per heavy atom. The van der Waals surface area contributed by atoms with E-state index in [1.165, 1.54) is 19.2 Å². The molecule has 0 amide bonds. The lowest BCUT2D eigenvalue weighted by Gasteiger charge is -1.90. The molecule has 0 aliphatic heterocycles. The summed E-state index contributed by atoms with van der Waals surface area (Å²) in [6, 6.07) is 7.94. The van der Waals surface area contributed by atoms with E-state index >= 15 is 0 Å². The lowest BCUT2D eigenvalue weighted by Crippen LogP contribution is -2.14. The Bertz CT molecular complexity index is 328. The molecule has 0 heterocycles. The van der Waals surface area contributed by atoms with Crippen molar-refractivity contribution in [1.29, 1.82) is 0 Å². The van der Waals surface area contributed by atoms with E-state index in [0.717, 1.165) is 0 Å². The van der Waals surface area contributed by atoms with Crippen molar-refractivity contribution in [3.05, 3.63) is 35.9 Å². The van der Waals surface area contributed by atoms with Crippen LogP contribution < -0.4 is 5.73 Å². The molecule has 96 valence electrons. The highest BCUT2D eigenvalue weighted by Crippen LogP contribution is 2.00. The number of esters is 1. The molecular weight excluding hydrogens is 253 g/mol. The van der Waals surface area contributed by atoms with Gasteiger partial charge in [0.1, 0.15) is 0 Å². The van der Waals surface area contributed by atoms with Gasteiger partial charge >= 0.3 is 11.9 Å². The number of nitrogens with two attached hydrogens (primary N) is 1. The van der Waals surface area contributed by atoms with Crippen molar-refractivity contribution in [3.63, 3.8) is 0 Å². The van der Waals surface area contributed by atoms with E-state index in [4.69, 9.17) is 5.73 Å². The van der Waals surface area contributed by atoms with Gasteiger partial charge in [-0.05, 0) is 12.1 Å². The number of hydrogen-bond acceptors (Lipinski definition) is 5. The van der Waals surface area contributed by atoms with Gasteiger partial charge in [-0.3, -0.25) is 4.79 Å². The van der Waals surface area contributed by atoms with Crippen LogP contribution in [0.2, 0.25) is 0 Å². The molecule has 7 heteroatoms. The van der Waals surface area contributed by atoms with Gasteiger partial charge in [0.15, 0.2) is 0 Å². The average molecular weight is 266 g/mol. The van der Waals surface area contributed by atoms with Crippen LogP contribution >= 0.6 is 12.4 Å². The molecule has 0 fully saturated rings. The van der Waals surface area contributed by atoms with E-state index in [2.05, 4.69) is 9.68 Å². The fourth-order valence-electron chi connectivity index (χ4n) is 0.702. The molecule has 1 aromatic carbocycles. The van der Waals surface area contributed by atoms with Crippen molar-refractivity contribution < 1.29 is 23.8 Å². The second kappa shape index (κ2) is 10.8. The van der Waals surface area contributed by atoms with Crippen LogP contribution in [0.15, 0.2) is 30.3 Å². The summed E-state index contributed by atoms with van der Waals surface area (Å²) < 4.78 is 15.4. The number of rotatable bonds is 2. The van der Waals surface area contributed by atoms with E-state index in [1.807, 2.05) is 0 Å². The minimum atomic E-state index is -0.958. The fraction of sp³-hybridized carbons (Fsp3) is 0.200. The molecule has 1 rings (SSSR count). The lowest BCUT2D eigenvalue weighted by molar-refractivity contribution is -0.138. The molecular formula is C10H13ClFNO4. The maximum atomic E-state index is 11.2. The third-order valence-electron chi connectivity index (χ3n) is 1.47. The molecule has 0 unspecified atom stereocenters. The van der Waals surface area contributed by atoms with Gasteiger partial charge in [0, 0.05) is 4.53 Å². The van der Waals surface area contributed by atoms with Gasteiger partial charge in [-0.2, -0.15) is 0 Å². The zero-order valence-corrected chi connectivity index (χ0v) is 9.91. The molecule has 0 spiro atoms. The molecule has 5 nitrogen and oxygen atoms in total. The van der Waals surface area contributed by atoms with Crippen LogP contribution in [0.25, 0.3) is 0 Å². The number of methoxy groups -OCH3 is 1. The largest absolute Gasteiger partial charge is 0.468 e.